The maximum absolute atomic E-state index is 13.7. The molecule has 0 saturated heterocycles. The van der Waals surface area contributed by atoms with Crippen LogP contribution in [0.5, 0.6) is 5.75 Å². The summed E-state index contributed by atoms with van der Waals surface area (Å²) in [5, 5.41) is 10.7. The average molecular weight is 571 g/mol. The number of esters is 1. The van der Waals surface area contributed by atoms with Crippen LogP contribution in [-0.4, -0.2) is 35.3 Å². The molecule has 0 bridgehead atoms. The maximum Gasteiger partial charge on any atom is 0.338 e. The SMILES string of the molecule is CCOC(=O)C1=C(C)N=c2s/c(=C\c3ccc(N(CC)CC)cc3O)c(=O)n2[C@@H]1c1ccc(Br)cc1. The van der Waals surface area contributed by atoms with Gasteiger partial charge in [0.2, 0.25) is 0 Å². The van der Waals surface area contributed by atoms with Crippen LogP contribution in [-0.2, 0) is 9.53 Å². The lowest BCUT2D eigenvalue weighted by Crippen LogP contribution is -2.39. The van der Waals surface area contributed by atoms with E-state index in [0.29, 0.717) is 26.2 Å². The number of anilines is 1. The van der Waals surface area contributed by atoms with Crippen LogP contribution in [0.25, 0.3) is 6.08 Å². The number of carbonyl (C=O) groups is 1. The van der Waals surface area contributed by atoms with Gasteiger partial charge in [-0.15, -0.1) is 0 Å². The second-order valence-corrected chi connectivity index (χ2v) is 10.2. The highest BCUT2D eigenvalue weighted by atomic mass is 79.9. The Morgan fingerprint density at radius 3 is 2.50 bits per heavy atom. The van der Waals surface area contributed by atoms with E-state index in [2.05, 4.69) is 39.7 Å². The molecule has 1 N–H and O–H groups in total. The zero-order valence-corrected chi connectivity index (χ0v) is 23.0. The molecular formula is C27H28BrN3O4S. The standard InChI is InChI=1S/C27H28BrN3O4S/c1-5-30(6-2)20-13-10-18(21(32)15-20)14-22-25(33)31-24(17-8-11-19(28)12-9-17)23(26(34)35-7-3)16(4)29-27(31)36-22/h8-15,24,32H,5-7H2,1-4H3/b22-14-/t24-/m1/s1. The van der Waals surface area contributed by atoms with Crippen LogP contribution >= 0.6 is 27.3 Å². The van der Waals surface area contributed by atoms with Crippen LogP contribution in [0.1, 0.15) is 44.9 Å². The third-order valence-electron chi connectivity index (χ3n) is 6.13. The van der Waals surface area contributed by atoms with Gasteiger partial charge in [0.15, 0.2) is 4.80 Å². The van der Waals surface area contributed by atoms with Crippen molar-refractivity contribution in [2.45, 2.75) is 33.7 Å². The van der Waals surface area contributed by atoms with E-state index in [1.54, 1.807) is 30.6 Å². The number of aromatic nitrogens is 1. The number of halogens is 1. The van der Waals surface area contributed by atoms with Crippen molar-refractivity contribution in [3.63, 3.8) is 0 Å². The number of hydrogen-bond donors (Lipinski definition) is 1. The van der Waals surface area contributed by atoms with Crippen LogP contribution in [0.3, 0.4) is 0 Å². The number of rotatable bonds is 7. The second kappa shape index (κ2) is 10.8. The fraction of sp³-hybridized carbons (Fsp3) is 0.296. The summed E-state index contributed by atoms with van der Waals surface area (Å²) in [5.74, 6) is -0.399. The van der Waals surface area contributed by atoms with E-state index in [4.69, 9.17) is 4.74 Å². The van der Waals surface area contributed by atoms with E-state index in [1.807, 2.05) is 36.4 Å². The van der Waals surface area contributed by atoms with Crippen molar-refractivity contribution in [1.82, 2.24) is 4.57 Å². The number of fused-ring (bicyclic) bond motifs is 1. The normalized spacial score (nSPS) is 15.5. The minimum atomic E-state index is -0.672. The number of hydrogen-bond acceptors (Lipinski definition) is 7. The van der Waals surface area contributed by atoms with Gasteiger partial charge >= 0.3 is 5.97 Å². The predicted molar refractivity (Wildman–Crippen MR) is 146 cm³/mol. The van der Waals surface area contributed by atoms with Gasteiger partial charge in [0, 0.05) is 34.9 Å². The van der Waals surface area contributed by atoms with Gasteiger partial charge in [-0.05, 0) is 63.6 Å². The lowest BCUT2D eigenvalue weighted by Gasteiger charge is -2.24. The molecule has 0 saturated carbocycles. The van der Waals surface area contributed by atoms with Gasteiger partial charge in [-0.2, -0.15) is 0 Å². The molecule has 1 aliphatic rings. The molecule has 36 heavy (non-hydrogen) atoms. The quantitative estimate of drug-likeness (QED) is 0.433. The van der Waals surface area contributed by atoms with Crippen molar-refractivity contribution in [3.05, 3.63) is 89.0 Å². The number of carbonyl (C=O) groups excluding carboxylic acids is 1. The van der Waals surface area contributed by atoms with E-state index in [-0.39, 0.29) is 17.9 Å². The van der Waals surface area contributed by atoms with E-state index >= 15 is 0 Å². The average Bonchev–Trinajstić information content (AvgIpc) is 3.15. The zero-order valence-electron chi connectivity index (χ0n) is 20.6. The monoisotopic (exact) mass is 569 g/mol. The molecule has 0 unspecified atom stereocenters. The second-order valence-electron chi connectivity index (χ2n) is 8.27. The molecule has 3 aromatic rings. The largest absolute Gasteiger partial charge is 0.507 e. The summed E-state index contributed by atoms with van der Waals surface area (Å²) in [6.07, 6.45) is 1.67. The minimum absolute atomic E-state index is 0.0955. The molecule has 1 aromatic heterocycles. The Balaban J connectivity index is 1.88. The van der Waals surface area contributed by atoms with Crippen molar-refractivity contribution in [2.24, 2.45) is 4.99 Å². The van der Waals surface area contributed by atoms with Crippen LogP contribution in [0.4, 0.5) is 5.69 Å². The predicted octanol–water partition coefficient (Wildman–Crippen LogP) is 4.11. The van der Waals surface area contributed by atoms with E-state index in [9.17, 15) is 14.7 Å². The number of allylic oxidation sites excluding steroid dienone is 1. The summed E-state index contributed by atoms with van der Waals surface area (Å²) in [6, 6.07) is 12.3. The van der Waals surface area contributed by atoms with Gasteiger partial charge in [0.05, 0.1) is 28.5 Å². The molecule has 0 radical (unpaired) electrons. The number of phenols is 1. The van der Waals surface area contributed by atoms with Crippen molar-refractivity contribution < 1.29 is 14.6 Å². The van der Waals surface area contributed by atoms with Crippen molar-refractivity contribution in [2.75, 3.05) is 24.6 Å². The number of aromatic hydroxyl groups is 1. The lowest BCUT2D eigenvalue weighted by atomic mass is 9.96. The summed E-state index contributed by atoms with van der Waals surface area (Å²) < 4.78 is 8.17. The molecule has 7 nitrogen and oxygen atoms in total. The van der Waals surface area contributed by atoms with Gasteiger partial charge in [-0.3, -0.25) is 9.36 Å². The number of benzene rings is 2. The molecule has 0 amide bonds. The smallest absolute Gasteiger partial charge is 0.338 e. The van der Waals surface area contributed by atoms with Crippen molar-refractivity contribution in [3.8, 4) is 5.75 Å². The number of nitrogens with zero attached hydrogens (tertiary/aromatic N) is 3. The molecule has 1 atom stereocenters. The summed E-state index contributed by atoms with van der Waals surface area (Å²) in [4.78, 5) is 33.9. The Kier molecular flexibility index (Phi) is 7.80. The zero-order chi connectivity index (χ0) is 26.0. The summed E-state index contributed by atoms with van der Waals surface area (Å²) >= 11 is 4.68. The van der Waals surface area contributed by atoms with Crippen LogP contribution in [0.15, 0.2) is 68.0 Å². The Morgan fingerprint density at radius 1 is 1.19 bits per heavy atom. The van der Waals surface area contributed by atoms with Gasteiger partial charge in [-0.1, -0.05) is 39.4 Å². The Morgan fingerprint density at radius 2 is 1.89 bits per heavy atom. The molecule has 0 aliphatic carbocycles. The van der Waals surface area contributed by atoms with Crippen molar-refractivity contribution >= 4 is 45.0 Å². The Labute approximate surface area is 221 Å². The molecule has 188 valence electrons. The van der Waals surface area contributed by atoms with Gasteiger partial charge < -0.3 is 14.7 Å². The topological polar surface area (TPSA) is 84.1 Å². The van der Waals surface area contributed by atoms with Gasteiger partial charge in [0.25, 0.3) is 5.56 Å². The van der Waals surface area contributed by atoms with Gasteiger partial charge in [-0.25, -0.2) is 9.79 Å². The number of phenolic OH excluding ortho intramolecular Hbond substituents is 1. The van der Waals surface area contributed by atoms with Crippen LogP contribution in [0, 0.1) is 0 Å². The highest BCUT2D eigenvalue weighted by Crippen LogP contribution is 2.31. The molecule has 0 fully saturated rings. The summed E-state index contributed by atoms with van der Waals surface area (Å²) in [7, 11) is 0. The molecule has 4 rings (SSSR count). The fourth-order valence-corrected chi connectivity index (χ4v) is 5.63. The van der Waals surface area contributed by atoms with E-state index in [0.717, 1.165) is 28.8 Å². The van der Waals surface area contributed by atoms with Crippen molar-refractivity contribution in [1.29, 1.82) is 0 Å². The molecule has 2 aromatic carbocycles. The molecular weight excluding hydrogens is 542 g/mol. The Bertz CT molecular complexity index is 1500. The first kappa shape index (κ1) is 25.9. The molecule has 0 spiro atoms. The first-order valence-electron chi connectivity index (χ1n) is 11.8. The molecule has 2 heterocycles. The molecule has 1 aliphatic heterocycles. The summed E-state index contributed by atoms with van der Waals surface area (Å²) in [5.41, 5.74) is 2.80. The highest BCUT2D eigenvalue weighted by molar-refractivity contribution is 9.10. The maximum atomic E-state index is 13.7. The number of thiazole rings is 1. The summed E-state index contributed by atoms with van der Waals surface area (Å²) in [6.45, 7) is 9.49. The van der Waals surface area contributed by atoms with Crippen LogP contribution in [0.2, 0.25) is 0 Å². The Hall–Kier alpha value is -3.17. The van der Waals surface area contributed by atoms with Gasteiger partial charge in [0.1, 0.15) is 5.75 Å². The third-order valence-corrected chi connectivity index (χ3v) is 7.64. The van der Waals surface area contributed by atoms with E-state index < -0.39 is 12.0 Å². The fourth-order valence-electron chi connectivity index (χ4n) is 4.33. The first-order valence-corrected chi connectivity index (χ1v) is 13.4. The molecule has 9 heteroatoms. The van der Waals surface area contributed by atoms with E-state index in [1.165, 1.54) is 11.3 Å². The lowest BCUT2D eigenvalue weighted by molar-refractivity contribution is -0.139. The third kappa shape index (κ3) is 4.90. The minimum Gasteiger partial charge on any atom is -0.507 e. The van der Waals surface area contributed by atoms with Crippen LogP contribution < -0.4 is 19.8 Å². The highest BCUT2D eigenvalue weighted by Gasteiger charge is 2.33. The number of ether oxygens (including phenoxy) is 1. The first-order chi connectivity index (χ1) is 17.3.